The Kier molecular flexibility index (Phi) is 3.60. The number of hydrogen-bond donors (Lipinski definition) is 0. The fourth-order valence-corrected chi connectivity index (χ4v) is 2.66. The van der Waals surface area contributed by atoms with E-state index in [-0.39, 0.29) is 11.0 Å². The molecule has 1 aromatic carbocycles. The van der Waals surface area contributed by atoms with Crippen LogP contribution in [0.25, 0.3) is 11.4 Å². The monoisotopic (exact) mass is 303 g/mol. The summed E-state index contributed by atoms with van der Waals surface area (Å²) in [6.07, 6.45) is 0. The Bertz CT molecular complexity index is 728. The zero-order valence-corrected chi connectivity index (χ0v) is 11.8. The van der Waals surface area contributed by atoms with Gasteiger partial charge in [0.2, 0.25) is 0 Å². The van der Waals surface area contributed by atoms with Crippen LogP contribution >= 0.6 is 10.7 Å². The van der Waals surface area contributed by atoms with Crippen LogP contribution in [-0.2, 0) is 15.6 Å². The summed E-state index contributed by atoms with van der Waals surface area (Å²) in [6.45, 7) is 3.67. The number of aromatic nitrogens is 3. The molecular formula is C11H11ClFN3O2S. The van der Waals surface area contributed by atoms with Gasteiger partial charge in [0.15, 0.2) is 5.82 Å². The van der Waals surface area contributed by atoms with Gasteiger partial charge in [0, 0.05) is 22.8 Å². The van der Waals surface area contributed by atoms with Gasteiger partial charge in [0.05, 0.1) is 0 Å². The molecule has 19 heavy (non-hydrogen) atoms. The quantitative estimate of drug-likeness (QED) is 0.816. The van der Waals surface area contributed by atoms with Crippen LogP contribution in [0.1, 0.15) is 12.5 Å². The highest BCUT2D eigenvalue weighted by atomic mass is 35.7. The van der Waals surface area contributed by atoms with Gasteiger partial charge in [-0.1, -0.05) is 12.1 Å². The van der Waals surface area contributed by atoms with Crippen molar-refractivity contribution in [2.45, 2.75) is 25.5 Å². The normalized spacial score (nSPS) is 11.8. The summed E-state index contributed by atoms with van der Waals surface area (Å²) < 4.78 is 37.6. The van der Waals surface area contributed by atoms with Crippen molar-refractivity contribution in [2.75, 3.05) is 0 Å². The second-order valence-corrected chi connectivity index (χ2v) is 6.41. The molecule has 0 amide bonds. The first-order valence-corrected chi connectivity index (χ1v) is 7.80. The summed E-state index contributed by atoms with van der Waals surface area (Å²) in [7, 11) is 1.29. The lowest BCUT2D eigenvalue weighted by atomic mass is 10.1. The maximum absolute atomic E-state index is 13.5. The number of hydrogen-bond acceptors (Lipinski definition) is 4. The Morgan fingerprint density at radius 3 is 2.58 bits per heavy atom. The number of halogens is 2. The van der Waals surface area contributed by atoms with Crippen LogP contribution in [-0.4, -0.2) is 23.2 Å². The molecule has 102 valence electrons. The second kappa shape index (κ2) is 4.90. The minimum absolute atomic E-state index is 0.264. The fourth-order valence-electron chi connectivity index (χ4n) is 1.70. The molecule has 0 saturated heterocycles. The molecule has 8 heteroatoms. The summed E-state index contributed by atoms with van der Waals surface area (Å²) in [5.74, 6) is -0.126. The molecule has 0 fully saturated rings. The van der Waals surface area contributed by atoms with Gasteiger partial charge >= 0.3 is 0 Å². The maximum atomic E-state index is 13.5. The van der Waals surface area contributed by atoms with Crippen LogP contribution in [0.5, 0.6) is 0 Å². The minimum Gasteiger partial charge on any atom is -0.297 e. The molecular weight excluding hydrogens is 293 g/mol. The first-order chi connectivity index (χ1) is 8.84. The van der Waals surface area contributed by atoms with E-state index in [0.29, 0.717) is 17.7 Å². The van der Waals surface area contributed by atoms with Crippen molar-refractivity contribution in [2.24, 2.45) is 0 Å². The molecule has 0 aliphatic heterocycles. The van der Waals surface area contributed by atoms with Crippen molar-refractivity contribution < 1.29 is 12.8 Å². The summed E-state index contributed by atoms with van der Waals surface area (Å²) in [4.78, 5) is 0. The largest absolute Gasteiger partial charge is 0.297 e. The second-order valence-electron chi connectivity index (χ2n) is 3.95. The van der Waals surface area contributed by atoms with Gasteiger partial charge in [-0.3, -0.25) is 4.57 Å². The Hall–Kier alpha value is -1.47. The molecule has 2 aromatic rings. The van der Waals surface area contributed by atoms with E-state index in [1.54, 1.807) is 26.0 Å². The maximum Gasteiger partial charge on any atom is 0.296 e. The van der Waals surface area contributed by atoms with E-state index in [1.165, 1.54) is 10.6 Å². The molecule has 0 radical (unpaired) electrons. The van der Waals surface area contributed by atoms with E-state index in [4.69, 9.17) is 10.7 Å². The Balaban J connectivity index is 2.63. The molecule has 2 rings (SSSR count). The van der Waals surface area contributed by atoms with Gasteiger partial charge in [-0.05, 0) is 25.5 Å². The Morgan fingerprint density at radius 2 is 2.05 bits per heavy atom. The van der Waals surface area contributed by atoms with Gasteiger partial charge in [-0.2, -0.15) is 0 Å². The van der Waals surface area contributed by atoms with E-state index in [9.17, 15) is 12.8 Å². The summed E-state index contributed by atoms with van der Waals surface area (Å²) in [5.41, 5.74) is 0.945. The Labute approximate surface area is 114 Å². The average molecular weight is 304 g/mol. The van der Waals surface area contributed by atoms with Crippen molar-refractivity contribution in [1.29, 1.82) is 0 Å². The fraction of sp³-hybridized carbons (Fsp3) is 0.273. The van der Waals surface area contributed by atoms with E-state index in [1.807, 2.05) is 0 Å². The third-order valence-electron chi connectivity index (χ3n) is 2.68. The predicted octanol–water partition coefficient (Wildman–Crippen LogP) is 2.34. The summed E-state index contributed by atoms with van der Waals surface area (Å²) in [6, 6.07) is 4.53. The molecule has 0 aliphatic carbocycles. The van der Waals surface area contributed by atoms with E-state index in [2.05, 4.69) is 10.2 Å². The molecule has 0 bridgehead atoms. The molecule has 0 unspecified atom stereocenters. The van der Waals surface area contributed by atoms with Gasteiger partial charge in [-0.25, -0.2) is 12.8 Å². The van der Waals surface area contributed by atoms with Crippen molar-refractivity contribution >= 4 is 19.7 Å². The third-order valence-corrected chi connectivity index (χ3v) is 3.83. The number of rotatable bonds is 3. The standard InChI is InChI=1S/C11H11ClFN3O2S/c1-3-16-10(14-15-11(16)19(12,17)18)8-5-4-7(2)9(13)6-8/h4-6H,3H2,1-2H3. The topological polar surface area (TPSA) is 64.8 Å². The average Bonchev–Trinajstić information content (AvgIpc) is 2.76. The van der Waals surface area contributed by atoms with E-state index < -0.39 is 14.9 Å². The SMILES string of the molecule is CCn1c(-c2ccc(C)c(F)c2)nnc1S(=O)(=O)Cl. The van der Waals surface area contributed by atoms with Crippen molar-refractivity contribution in [3.05, 3.63) is 29.6 Å². The van der Waals surface area contributed by atoms with Gasteiger partial charge in [0.1, 0.15) is 5.82 Å². The Morgan fingerprint density at radius 1 is 1.37 bits per heavy atom. The number of nitrogens with zero attached hydrogens (tertiary/aromatic N) is 3. The predicted molar refractivity (Wildman–Crippen MR) is 68.9 cm³/mol. The first-order valence-electron chi connectivity index (χ1n) is 5.49. The lowest BCUT2D eigenvalue weighted by molar-refractivity contribution is 0.582. The molecule has 1 heterocycles. The van der Waals surface area contributed by atoms with Crippen LogP contribution in [0.2, 0.25) is 0 Å². The highest BCUT2D eigenvalue weighted by Crippen LogP contribution is 2.23. The highest BCUT2D eigenvalue weighted by molar-refractivity contribution is 8.13. The molecule has 0 aliphatic rings. The van der Waals surface area contributed by atoms with Crippen molar-refractivity contribution in [3.8, 4) is 11.4 Å². The van der Waals surface area contributed by atoms with Crippen LogP contribution in [0.3, 0.4) is 0 Å². The lowest BCUT2D eigenvalue weighted by Gasteiger charge is -2.06. The van der Waals surface area contributed by atoms with Crippen LogP contribution in [0.4, 0.5) is 4.39 Å². The molecule has 0 atom stereocenters. The van der Waals surface area contributed by atoms with E-state index in [0.717, 1.165) is 0 Å². The molecule has 5 nitrogen and oxygen atoms in total. The number of benzene rings is 1. The smallest absolute Gasteiger partial charge is 0.296 e. The van der Waals surface area contributed by atoms with Gasteiger partial charge in [0.25, 0.3) is 14.2 Å². The van der Waals surface area contributed by atoms with E-state index >= 15 is 0 Å². The van der Waals surface area contributed by atoms with Crippen LogP contribution < -0.4 is 0 Å². The van der Waals surface area contributed by atoms with Gasteiger partial charge in [-0.15, -0.1) is 10.2 Å². The zero-order chi connectivity index (χ0) is 14.2. The first kappa shape index (κ1) is 14.0. The lowest BCUT2D eigenvalue weighted by Crippen LogP contribution is -2.06. The molecule has 0 saturated carbocycles. The van der Waals surface area contributed by atoms with Gasteiger partial charge < -0.3 is 0 Å². The number of aryl methyl sites for hydroxylation is 1. The molecule has 1 aromatic heterocycles. The van der Waals surface area contributed by atoms with Crippen LogP contribution in [0.15, 0.2) is 23.4 Å². The summed E-state index contributed by atoms with van der Waals surface area (Å²) >= 11 is 0. The van der Waals surface area contributed by atoms with Crippen molar-refractivity contribution in [3.63, 3.8) is 0 Å². The third kappa shape index (κ3) is 2.62. The summed E-state index contributed by atoms with van der Waals surface area (Å²) in [5, 5.41) is 6.99. The molecule has 0 spiro atoms. The minimum atomic E-state index is -3.98. The van der Waals surface area contributed by atoms with Crippen molar-refractivity contribution in [1.82, 2.24) is 14.8 Å². The zero-order valence-electron chi connectivity index (χ0n) is 10.3. The molecule has 0 N–H and O–H groups in total. The highest BCUT2D eigenvalue weighted by Gasteiger charge is 2.22. The van der Waals surface area contributed by atoms with Crippen LogP contribution in [0, 0.1) is 12.7 Å².